The third kappa shape index (κ3) is 0.884. The Morgan fingerprint density at radius 3 is 2.92 bits per heavy atom. The number of nitrogens with zero attached hydrogens (tertiary/aromatic N) is 2. The molecule has 0 atom stereocenters. The minimum absolute atomic E-state index is 0.130. The van der Waals surface area contributed by atoms with Gasteiger partial charge in [-0.15, -0.1) is 0 Å². The topological polar surface area (TPSA) is 92.0 Å². The van der Waals surface area contributed by atoms with Gasteiger partial charge in [0.15, 0.2) is 0 Å². The van der Waals surface area contributed by atoms with Gasteiger partial charge in [0.25, 0.3) is 0 Å². The van der Waals surface area contributed by atoms with Crippen molar-refractivity contribution in [3.8, 4) is 0 Å². The summed E-state index contributed by atoms with van der Waals surface area (Å²) in [6.45, 7) is 0. The molecule has 6 nitrogen and oxygen atoms in total. The standard InChI is InChI=1S/C6H7N3O3/c10-6(1-2-6)5-4(9(11)12)3-7-8-5/h3,10H,1-2H2,(H,7,8). The van der Waals surface area contributed by atoms with Crippen LogP contribution >= 0.6 is 0 Å². The molecule has 2 N–H and O–H groups in total. The van der Waals surface area contributed by atoms with Crippen molar-refractivity contribution in [1.29, 1.82) is 0 Å². The zero-order valence-corrected chi connectivity index (χ0v) is 6.15. The second kappa shape index (κ2) is 2.04. The van der Waals surface area contributed by atoms with Crippen LogP contribution in [-0.4, -0.2) is 20.2 Å². The van der Waals surface area contributed by atoms with E-state index >= 15 is 0 Å². The van der Waals surface area contributed by atoms with Gasteiger partial charge in [-0.05, 0) is 12.8 Å². The molecule has 1 aromatic rings. The summed E-state index contributed by atoms with van der Waals surface area (Å²) in [5.74, 6) is 0. The first-order valence-electron chi connectivity index (χ1n) is 3.54. The van der Waals surface area contributed by atoms with Crippen LogP contribution in [0.4, 0.5) is 5.69 Å². The Bertz CT molecular complexity index is 329. The van der Waals surface area contributed by atoms with E-state index in [1.807, 2.05) is 0 Å². The number of hydrogen-bond donors (Lipinski definition) is 2. The first kappa shape index (κ1) is 7.23. The summed E-state index contributed by atoms with van der Waals surface area (Å²) in [7, 11) is 0. The minimum atomic E-state index is -1.01. The average Bonchev–Trinajstić information content (AvgIpc) is 2.61. The molecule has 1 fully saturated rings. The minimum Gasteiger partial charge on any atom is -0.383 e. The highest BCUT2D eigenvalue weighted by atomic mass is 16.6. The second-order valence-electron chi connectivity index (χ2n) is 2.92. The summed E-state index contributed by atoms with van der Waals surface area (Å²) >= 11 is 0. The fourth-order valence-corrected chi connectivity index (χ4v) is 1.13. The van der Waals surface area contributed by atoms with Crippen LogP contribution in [0.25, 0.3) is 0 Å². The molecular weight excluding hydrogens is 162 g/mol. The molecule has 1 heterocycles. The Morgan fingerprint density at radius 2 is 2.42 bits per heavy atom. The van der Waals surface area contributed by atoms with E-state index in [0.717, 1.165) is 6.20 Å². The molecule has 0 bridgehead atoms. The number of rotatable bonds is 2. The SMILES string of the molecule is O=[N+]([O-])c1cn[nH]c1C1(O)CC1. The molecule has 1 saturated carbocycles. The molecule has 0 aromatic carbocycles. The number of aliphatic hydroxyl groups is 1. The van der Waals surface area contributed by atoms with Crippen LogP contribution in [0.3, 0.4) is 0 Å². The van der Waals surface area contributed by atoms with E-state index in [1.165, 1.54) is 0 Å². The zero-order chi connectivity index (χ0) is 8.77. The second-order valence-corrected chi connectivity index (χ2v) is 2.92. The van der Waals surface area contributed by atoms with Gasteiger partial charge in [-0.1, -0.05) is 0 Å². The molecule has 1 aliphatic carbocycles. The summed E-state index contributed by atoms with van der Waals surface area (Å²) in [5.41, 5.74) is -0.915. The Labute approximate surface area is 67.4 Å². The van der Waals surface area contributed by atoms with E-state index in [-0.39, 0.29) is 11.4 Å². The van der Waals surface area contributed by atoms with Crippen LogP contribution in [0.1, 0.15) is 18.5 Å². The predicted molar refractivity (Wildman–Crippen MR) is 38.4 cm³/mol. The van der Waals surface area contributed by atoms with Gasteiger partial charge >= 0.3 is 5.69 Å². The van der Waals surface area contributed by atoms with Gasteiger partial charge in [-0.3, -0.25) is 15.2 Å². The fraction of sp³-hybridized carbons (Fsp3) is 0.500. The lowest BCUT2D eigenvalue weighted by molar-refractivity contribution is -0.386. The van der Waals surface area contributed by atoms with Gasteiger partial charge in [-0.2, -0.15) is 5.10 Å². The van der Waals surface area contributed by atoms with Crippen LogP contribution < -0.4 is 0 Å². The van der Waals surface area contributed by atoms with E-state index in [4.69, 9.17) is 0 Å². The van der Waals surface area contributed by atoms with Crippen molar-refractivity contribution < 1.29 is 10.0 Å². The monoisotopic (exact) mass is 169 g/mol. The molecule has 2 rings (SSSR count). The van der Waals surface area contributed by atoms with Gasteiger partial charge in [0.1, 0.15) is 17.5 Å². The summed E-state index contributed by atoms with van der Waals surface area (Å²) in [4.78, 5) is 9.85. The maximum absolute atomic E-state index is 10.4. The van der Waals surface area contributed by atoms with E-state index in [1.54, 1.807) is 0 Å². The van der Waals surface area contributed by atoms with Crippen molar-refractivity contribution in [3.63, 3.8) is 0 Å². The molecule has 64 valence electrons. The van der Waals surface area contributed by atoms with Crippen LogP contribution in [-0.2, 0) is 5.60 Å². The Hall–Kier alpha value is -1.43. The number of aromatic nitrogens is 2. The van der Waals surface area contributed by atoms with Crippen molar-refractivity contribution in [2.75, 3.05) is 0 Å². The van der Waals surface area contributed by atoms with Gasteiger partial charge in [0.2, 0.25) is 0 Å². The summed E-state index contributed by atoms with van der Waals surface area (Å²) in [6, 6.07) is 0. The first-order chi connectivity index (χ1) is 5.63. The quantitative estimate of drug-likeness (QED) is 0.492. The Kier molecular flexibility index (Phi) is 1.23. The maximum Gasteiger partial charge on any atom is 0.312 e. The highest BCUT2D eigenvalue weighted by Gasteiger charge is 2.48. The Morgan fingerprint density at radius 1 is 1.75 bits per heavy atom. The third-order valence-electron chi connectivity index (χ3n) is 2.00. The lowest BCUT2D eigenvalue weighted by Gasteiger charge is -2.01. The van der Waals surface area contributed by atoms with Crippen LogP contribution in [0.5, 0.6) is 0 Å². The van der Waals surface area contributed by atoms with Crippen molar-refractivity contribution in [2.24, 2.45) is 0 Å². The van der Waals surface area contributed by atoms with Crippen molar-refractivity contribution >= 4 is 5.69 Å². The maximum atomic E-state index is 10.4. The van der Waals surface area contributed by atoms with Gasteiger partial charge in [0.05, 0.1) is 4.92 Å². The molecule has 0 saturated heterocycles. The normalized spacial score (nSPS) is 19.1. The highest BCUT2D eigenvalue weighted by molar-refractivity contribution is 5.39. The molecule has 0 radical (unpaired) electrons. The molecule has 0 unspecified atom stereocenters. The van der Waals surface area contributed by atoms with E-state index in [2.05, 4.69) is 10.2 Å². The molecule has 0 spiro atoms. The molecule has 0 aliphatic heterocycles. The molecule has 0 amide bonds. The lowest BCUT2D eigenvalue weighted by atomic mass is 10.2. The van der Waals surface area contributed by atoms with Crippen LogP contribution in [0, 0.1) is 10.1 Å². The molecule has 1 aliphatic rings. The van der Waals surface area contributed by atoms with Gasteiger partial charge in [-0.25, -0.2) is 0 Å². The number of aromatic amines is 1. The zero-order valence-electron chi connectivity index (χ0n) is 6.15. The largest absolute Gasteiger partial charge is 0.383 e. The number of H-pyrrole nitrogens is 1. The van der Waals surface area contributed by atoms with E-state index in [0.29, 0.717) is 12.8 Å². The number of nitrogens with one attached hydrogen (secondary N) is 1. The number of hydrogen-bond acceptors (Lipinski definition) is 4. The summed E-state index contributed by atoms with van der Waals surface area (Å²) in [5, 5.41) is 25.9. The van der Waals surface area contributed by atoms with Crippen molar-refractivity contribution in [1.82, 2.24) is 10.2 Å². The van der Waals surface area contributed by atoms with Gasteiger partial charge in [0, 0.05) is 0 Å². The number of nitro groups is 1. The van der Waals surface area contributed by atoms with E-state index in [9.17, 15) is 15.2 Å². The smallest absolute Gasteiger partial charge is 0.312 e. The van der Waals surface area contributed by atoms with Crippen molar-refractivity contribution in [3.05, 3.63) is 22.0 Å². The highest BCUT2D eigenvalue weighted by Crippen LogP contribution is 2.47. The lowest BCUT2D eigenvalue weighted by Crippen LogP contribution is -2.07. The molecule has 6 heteroatoms. The molecular formula is C6H7N3O3. The fourth-order valence-electron chi connectivity index (χ4n) is 1.13. The average molecular weight is 169 g/mol. The first-order valence-corrected chi connectivity index (χ1v) is 3.54. The van der Waals surface area contributed by atoms with Gasteiger partial charge < -0.3 is 5.11 Å². The Balaban J connectivity index is 2.43. The molecule has 12 heavy (non-hydrogen) atoms. The summed E-state index contributed by atoms with van der Waals surface area (Å²) < 4.78 is 0. The van der Waals surface area contributed by atoms with Crippen molar-refractivity contribution in [2.45, 2.75) is 18.4 Å². The van der Waals surface area contributed by atoms with Crippen LogP contribution in [0.15, 0.2) is 6.20 Å². The van der Waals surface area contributed by atoms with Crippen LogP contribution in [0.2, 0.25) is 0 Å². The third-order valence-corrected chi connectivity index (χ3v) is 2.00. The molecule has 1 aromatic heterocycles. The predicted octanol–water partition coefficient (Wildman–Crippen LogP) is 0.299. The van der Waals surface area contributed by atoms with E-state index < -0.39 is 10.5 Å². The summed E-state index contributed by atoms with van der Waals surface area (Å²) in [6.07, 6.45) is 2.25.